The van der Waals surface area contributed by atoms with Crippen LogP contribution in [0.1, 0.15) is 83.1 Å². The van der Waals surface area contributed by atoms with Crippen LogP contribution in [0, 0.1) is 10.8 Å². The molecule has 0 saturated heterocycles. The number of rotatable bonds is 13. The maximum Gasteiger partial charge on any atom is 0.0373 e. The molecule has 0 aromatic carbocycles. The Kier molecular flexibility index (Phi) is 12.4. The highest BCUT2D eigenvalue weighted by Gasteiger charge is 2.27. The molecule has 32 heavy (non-hydrogen) atoms. The average molecular weight is 443 g/mol. The van der Waals surface area contributed by atoms with E-state index in [1.807, 2.05) is 12.4 Å². The van der Waals surface area contributed by atoms with Crippen LogP contribution >= 0.6 is 0 Å². The Morgan fingerprint density at radius 3 is 1.09 bits per heavy atom. The zero-order valence-electron chi connectivity index (χ0n) is 23.1. The molecule has 0 rings (SSSR count). The lowest BCUT2D eigenvalue weighted by Crippen LogP contribution is -2.40. The minimum absolute atomic E-state index is 0.283. The standard InChI is InChI=1S/C28H50N4/c1-15-25(17-31(21(3)4)22(5)6)27(11,12)19-29-30-20-28(13,14)26(16-2)18-32(23(7)8)24(9)10/h19-24H,1-2,17-18H2,3-14H3/b29-19+,30-20+. The summed E-state index contributed by atoms with van der Waals surface area (Å²) in [7, 11) is 0. The van der Waals surface area contributed by atoms with Gasteiger partial charge in [-0.3, -0.25) is 9.80 Å². The molecule has 0 atom stereocenters. The normalized spacial score (nSPS) is 13.4. The number of nitrogens with zero attached hydrogens (tertiary/aromatic N) is 4. The summed E-state index contributed by atoms with van der Waals surface area (Å²) in [6.45, 7) is 35.9. The average Bonchev–Trinajstić information content (AvgIpc) is 2.64. The van der Waals surface area contributed by atoms with Crippen molar-refractivity contribution in [2.75, 3.05) is 13.1 Å². The Hall–Kier alpha value is -1.70. The number of hydrogen-bond donors (Lipinski definition) is 0. The molecule has 182 valence electrons. The fourth-order valence-electron chi connectivity index (χ4n) is 3.77. The molecule has 0 heterocycles. The summed E-state index contributed by atoms with van der Waals surface area (Å²) in [5.74, 6) is 0. The van der Waals surface area contributed by atoms with Crippen molar-refractivity contribution in [2.45, 2.75) is 107 Å². The van der Waals surface area contributed by atoms with Crippen LogP contribution in [-0.2, 0) is 0 Å². The molecule has 0 aromatic rings. The summed E-state index contributed by atoms with van der Waals surface area (Å²) in [4.78, 5) is 4.87. The van der Waals surface area contributed by atoms with Gasteiger partial charge in [0.25, 0.3) is 0 Å². The third-order valence-corrected chi connectivity index (χ3v) is 6.14. The highest BCUT2D eigenvalue weighted by atomic mass is 15.2. The molecule has 0 saturated carbocycles. The molecule has 0 unspecified atom stereocenters. The van der Waals surface area contributed by atoms with Crippen LogP contribution in [0.15, 0.2) is 46.0 Å². The topological polar surface area (TPSA) is 31.2 Å². The Morgan fingerprint density at radius 2 is 0.906 bits per heavy atom. The molecule has 0 aliphatic carbocycles. The van der Waals surface area contributed by atoms with Crippen molar-refractivity contribution >= 4 is 12.4 Å². The van der Waals surface area contributed by atoms with E-state index in [1.165, 1.54) is 0 Å². The predicted octanol–water partition coefficient (Wildman–Crippen LogP) is 6.76. The van der Waals surface area contributed by atoms with E-state index in [1.54, 1.807) is 0 Å². The molecule has 4 heteroatoms. The monoisotopic (exact) mass is 442 g/mol. The van der Waals surface area contributed by atoms with Crippen LogP contribution in [0.3, 0.4) is 0 Å². The van der Waals surface area contributed by atoms with Gasteiger partial charge in [0.2, 0.25) is 0 Å². The van der Waals surface area contributed by atoms with Crippen LogP contribution in [0.2, 0.25) is 0 Å². The second kappa shape index (κ2) is 13.1. The summed E-state index contributed by atoms with van der Waals surface area (Å²) in [6.07, 6.45) is 3.80. The maximum atomic E-state index is 4.42. The van der Waals surface area contributed by atoms with Crippen molar-refractivity contribution in [2.24, 2.45) is 21.0 Å². The predicted molar refractivity (Wildman–Crippen MR) is 144 cm³/mol. The minimum atomic E-state index is -0.283. The van der Waals surface area contributed by atoms with Crippen molar-refractivity contribution in [3.63, 3.8) is 0 Å². The van der Waals surface area contributed by atoms with Gasteiger partial charge in [0.1, 0.15) is 0 Å². The summed E-state index contributed by atoms with van der Waals surface area (Å²) in [6, 6.07) is 1.80. The van der Waals surface area contributed by atoms with Gasteiger partial charge in [0, 0.05) is 60.5 Å². The smallest absolute Gasteiger partial charge is 0.0373 e. The first-order valence-electron chi connectivity index (χ1n) is 12.0. The first-order valence-corrected chi connectivity index (χ1v) is 12.0. The van der Waals surface area contributed by atoms with E-state index < -0.39 is 0 Å². The Balaban J connectivity index is 5.51. The van der Waals surface area contributed by atoms with Crippen molar-refractivity contribution in [1.29, 1.82) is 0 Å². The Bertz CT molecular complexity index is 657. The molecular formula is C28H50N4. The van der Waals surface area contributed by atoms with E-state index in [9.17, 15) is 0 Å². The zero-order chi connectivity index (χ0) is 25.3. The molecule has 0 N–H and O–H groups in total. The molecule has 0 spiro atoms. The first kappa shape index (κ1) is 30.3. The molecule has 0 aliphatic rings. The van der Waals surface area contributed by atoms with Crippen LogP contribution in [-0.4, -0.2) is 59.5 Å². The van der Waals surface area contributed by atoms with Crippen molar-refractivity contribution in [3.05, 3.63) is 35.8 Å². The highest BCUT2D eigenvalue weighted by molar-refractivity contribution is 5.73. The van der Waals surface area contributed by atoms with Gasteiger partial charge in [0.15, 0.2) is 0 Å². The number of hydrogen-bond acceptors (Lipinski definition) is 4. The zero-order valence-corrected chi connectivity index (χ0v) is 23.1. The van der Waals surface area contributed by atoms with E-state index in [2.05, 4.69) is 128 Å². The summed E-state index contributed by atoms with van der Waals surface area (Å²) >= 11 is 0. The lowest BCUT2D eigenvalue weighted by Gasteiger charge is -2.34. The molecular weight excluding hydrogens is 392 g/mol. The van der Waals surface area contributed by atoms with Crippen molar-refractivity contribution in [3.8, 4) is 0 Å². The fourth-order valence-corrected chi connectivity index (χ4v) is 3.77. The lowest BCUT2D eigenvalue weighted by atomic mass is 9.85. The molecule has 0 fully saturated rings. The Morgan fingerprint density at radius 1 is 0.656 bits per heavy atom. The van der Waals surface area contributed by atoms with Crippen LogP contribution in [0.4, 0.5) is 0 Å². The quantitative estimate of drug-likeness (QED) is 0.179. The fraction of sp³-hybridized carbons (Fsp3) is 0.714. The van der Waals surface area contributed by atoms with E-state index in [4.69, 9.17) is 0 Å². The molecule has 0 bridgehead atoms. The summed E-state index contributed by atoms with van der Waals surface area (Å²) in [5.41, 5.74) is 8.00. The van der Waals surface area contributed by atoms with Crippen molar-refractivity contribution < 1.29 is 0 Å². The van der Waals surface area contributed by atoms with Crippen LogP contribution in [0.25, 0.3) is 0 Å². The highest BCUT2D eigenvalue weighted by Crippen LogP contribution is 2.27. The van der Waals surface area contributed by atoms with Gasteiger partial charge in [-0.1, -0.05) is 40.9 Å². The van der Waals surface area contributed by atoms with Gasteiger partial charge in [0.05, 0.1) is 0 Å². The van der Waals surface area contributed by atoms with Gasteiger partial charge >= 0.3 is 0 Å². The van der Waals surface area contributed by atoms with E-state index in [-0.39, 0.29) is 10.8 Å². The van der Waals surface area contributed by atoms with Gasteiger partial charge in [-0.2, -0.15) is 10.2 Å². The van der Waals surface area contributed by atoms with Crippen LogP contribution in [0.5, 0.6) is 0 Å². The third kappa shape index (κ3) is 9.43. The van der Waals surface area contributed by atoms with Gasteiger partial charge in [-0.25, -0.2) is 0 Å². The summed E-state index contributed by atoms with van der Waals surface area (Å²) < 4.78 is 0. The second-order valence-electron chi connectivity index (χ2n) is 11.0. The van der Waals surface area contributed by atoms with Gasteiger partial charge in [-0.15, -0.1) is 11.5 Å². The molecule has 0 radical (unpaired) electrons. The largest absolute Gasteiger partial charge is 0.294 e. The van der Waals surface area contributed by atoms with Gasteiger partial charge in [-0.05, 0) is 66.5 Å². The van der Waals surface area contributed by atoms with E-state index in [0.717, 1.165) is 24.2 Å². The molecule has 0 aromatic heterocycles. The first-order chi connectivity index (χ1) is 14.6. The minimum Gasteiger partial charge on any atom is -0.294 e. The maximum absolute atomic E-state index is 4.42. The van der Waals surface area contributed by atoms with E-state index >= 15 is 0 Å². The van der Waals surface area contributed by atoms with E-state index in [0.29, 0.717) is 24.2 Å². The van der Waals surface area contributed by atoms with Crippen molar-refractivity contribution in [1.82, 2.24) is 9.80 Å². The molecule has 0 amide bonds. The summed E-state index contributed by atoms with van der Waals surface area (Å²) in [5, 5.41) is 8.84. The molecule has 4 nitrogen and oxygen atoms in total. The third-order valence-electron chi connectivity index (χ3n) is 6.14. The Labute approximate surface area is 199 Å². The van der Waals surface area contributed by atoms with Gasteiger partial charge < -0.3 is 0 Å². The SMILES string of the molecule is C=C=C(CN(C(C)C)C(C)C)C(C)(C)/C=N/N=C/C(C)(C)C(=C=C)CN(C(C)C)C(C)C. The molecule has 0 aliphatic heterocycles. The van der Waals surface area contributed by atoms with Crippen LogP contribution < -0.4 is 0 Å². The lowest BCUT2D eigenvalue weighted by molar-refractivity contribution is 0.185. The second-order valence-corrected chi connectivity index (χ2v) is 11.0.